The van der Waals surface area contributed by atoms with Gasteiger partial charge in [0.25, 0.3) is 5.91 Å². The van der Waals surface area contributed by atoms with Crippen LogP contribution in [0, 0.1) is 5.82 Å². The topological polar surface area (TPSA) is 122 Å². The third kappa shape index (κ3) is 7.33. The Bertz CT molecular complexity index is 982. The molecule has 0 radical (unpaired) electrons. The maximum atomic E-state index is 14.1. The molecule has 0 unspecified atom stereocenters. The number of sulfonamides is 1. The molecule has 0 saturated heterocycles. The maximum absolute atomic E-state index is 14.1. The van der Waals surface area contributed by atoms with E-state index in [1.54, 1.807) is 0 Å². The van der Waals surface area contributed by atoms with Gasteiger partial charge in [-0.3, -0.25) is 9.59 Å². The maximum Gasteiger partial charge on any atom is 0.322 e. The van der Waals surface area contributed by atoms with E-state index >= 15 is 0 Å². The highest BCUT2D eigenvalue weighted by atomic mass is 35.5. The van der Waals surface area contributed by atoms with E-state index in [0.717, 1.165) is 0 Å². The predicted molar refractivity (Wildman–Crippen MR) is 103 cm³/mol. The summed E-state index contributed by atoms with van der Waals surface area (Å²) in [5, 5.41) is 11.0. The van der Waals surface area contributed by atoms with Gasteiger partial charge in [-0.1, -0.05) is 17.7 Å². The fourth-order valence-corrected chi connectivity index (χ4v) is 3.37. The Labute approximate surface area is 171 Å². The molecule has 29 heavy (non-hydrogen) atoms. The molecule has 0 fully saturated rings. The van der Waals surface area contributed by atoms with Crippen LogP contribution in [0.25, 0.3) is 0 Å². The molecule has 3 N–H and O–H groups in total. The molecule has 0 bridgehead atoms. The second-order valence-corrected chi connectivity index (χ2v) is 8.03. The van der Waals surface area contributed by atoms with Crippen LogP contribution in [-0.2, 0) is 26.0 Å². The smallest absolute Gasteiger partial charge is 0.322 e. The molecule has 11 heteroatoms. The second-order valence-electron chi connectivity index (χ2n) is 5.83. The van der Waals surface area contributed by atoms with Gasteiger partial charge in [-0.2, -0.15) is 0 Å². The van der Waals surface area contributed by atoms with Gasteiger partial charge in [0.1, 0.15) is 6.54 Å². The van der Waals surface area contributed by atoms with E-state index in [0.29, 0.717) is 10.6 Å². The van der Waals surface area contributed by atoms with Crippen molar-refractivity contribution in [3.05, 3.63) is 58.9 Å². The summed E-state index contributed by atoms with van der Waals surface area (Å²) < 4.78 is 45.9. The Hall–Kier alpha value is -2.69. The number of carboxylic acids is 1. The van der Waals surface area contributed by atoms with Crippen molar-refractivity contribution in [1.29, 1.82) is 0 Å². The van der Waals surface area contributed by atoms with Gasteiger partial charge in [-0.15, -0.1) is 0 Å². The molecule has 2 aromatic carbocycles. The number of aliphatic carboxylic acids is 1. The predicted octanol–water partition coefficient (Wildman–Crippen LogP) is 1.58. The first-order valence-corrected chi connectivity index (χ1v) is 10.2. The zero-order valence-electron chi connectivity index (χ0n) is 15.0. The Morgan fingerprint density at radius 1 is 1.14 bits per heavy atom. The number of benzene rings is 2. The number of carbonyl (C=O) groups excluding carboxylic acids is 1. The minimum absolute atomic E-state index is 0.0438. The van der Waals surface area contributed by atoms with Crippen LogP contribution in [0.3, 0.4) is 0 Å². The molecule has 0 heterocycles. The third-order valence-corrected chi connectivity index (χ3v) is 5.35. The van der Waals surface area contributed by atoms with Crippen LogP contribution in [0.15, 0.2) is 47.4 Å². The number of nitrogens with one attached hydrogen (secondary N) is 2. The first-order valence-electron chi connectivity index (χ1n) is 8.32. The van der Waals surface area contributed by atoms with Crippen molar-refractivity contribution in [1.82, 2.24) is 10.0 Å². The first kappa shape index (κ1) is 22.6. The highest BCUT2D eigenvalue weighted by Crippen LogP contribution is 2.19. The summed E-state index contributed by atoms with van der Waals surface area (Å²) in [6.07, 6.45) is 0.225. The summed E-state index contributed by atoms with van der Waals surface area (Å²) in [5.41, 5.74) is 0.518. The van der Waals surface area contributed by atoms with Crippen LogP contribution in [-0.4, -0.2) is 45.1 Å². The van der Waals surface area contributed by atoms with Crippen LogP contribution in [0.5, 0.6) is 5.75 Å². The van der Waals surface area contributed by atoms with E-state index in [1.165, 1.54) is 42.5 Å². The number of ether oxygens (including phenoxy) is 1. The molecule has 2 rings (SSSR count). The van der Waals surface area contributed by atoms with Crippen molar-refractivity contribution >= 4 is 33.5 Å². The van der Waals surface area contributed by atoms with Gasteiger partial charge in [0, 0.05) is 11.6 Å². The van der Waals surface area contributed by atoms with E-state index in [-0.39, 0.29) is 23.6 Å². The minimum atomic E-state index is -3.71. The van der Waals surface area contributed by atoms with Gasteiger partial charge in [-0.05, 0) is 48.4 Å². The van der Waals surface area contributed by atoms with Gasteiger partial charge < -0.3 is 15.2 Å². The molecule has 1 amide bonds. The van der Waals surface area contributed by atoms with Gasteiger partial charge in [0.05, 0.1) is 4.90 Å². The Balaban J connectivity index is 1.86. The fourth-order valence-electron chi connectivity index (χ4n) is 2.21. The third-order valence-electron chi connectivity index (χ3n) is 3.62. The summed E-state index contributed by atoms with van der Waals surface area (Å²) >= 11 is 5.73. The van der Waals surface area contributed by atoms with Crippen LogP contribution in [0.2, 0.25) is 5.02 Å². The van der Waals surface area contributed by atoms with Gasteiger partial charge >= 0.3 is 5.97 Å². The fraction of sp³-hybridized carbons (Fsp3) is 0.222. The summed E-state index contributed by atoms with van der Waals surface area (Å²) in [4.78, 5) is 21.8. The van der Waals surface area contributed by atoms with Crippen LogP contribution in [0.1, 0.15) is 5.56 Å². The number of carboxylic acid groups (broad SMARTS) is 1. The van der Waals surface area contributed by atoms with Crippen molar-refractivity contribution in [2.45, 2.75) is 11.3 Å². The Morgan fingerprint density at radius 3 is 2.45 bits per heavy atom. The van der Waals surface area contributed by atoms with Crippen LogP contribution in [0.4, 0.5) is 4.39 Å². The Morgan fingerprint density at radius 2 is 1.83 bits per heavy atom. The SMILES string of the molecule is O=C(O)CNC(=O)COc1ccc(CCNS(=O)(=O)c2ccc(Cl)cc2)cc1F. The Kier molecular flexibility index (Phi) is 7.94. The van der Waals surface area contributed by atoms with Crippen molar-refractivity contribution in [2.24, 2.45) is 0 Å². The van der Waals surface area contributed by atoms with E-state index < -0.39 is 40.9 Å². The summed E-state index contributed by atoms with van der Waals surface area (Å²) in [5.74, 6) is -2.82. The normalized spacial score (nSPS) is 11.1. The molecular formula is C18H18ClFN2O6S. The molecule has 0 aromatic heterocycles. The van der Waals surface area contributed by atoms with E-state index in [1.807, 2.05) is 0 Å². The van der Waals surface area contributed by atoms with Crippen molar-refractivity contribution in [3.8, 4) is 5.75 Å². The highest BCUT2D eigenvalue weighted by molar-refractivity contribution is 7.89. The molecular weight excluding hydrogens is 427 g/mol. The quantitative estimate of drug-likeness (QED) is 0.511. The standard InChI is InChI=1S/C18H18ClFN2O6S/c19-13-2-4-14(5-3-13)29(26,27)22-8-7-12-1-6-16(15(20)9-12)28-11-17(23)21-10-18(24)25/h1-6,9,22H,7-8,10-11H2,(H,21,23)(H,24,25). The lowest BCUT2D eigenvalue weighted by Gasteiger charge is -2.10. The number of rotatable bonds is 10. The molecule has 0 aliphatic carbocycles. The molecule has 0 aliphatic rings. The lowest BCUT2D eigenvalue weighted by molar-refractivity contribution is -0.138. The number of hydrogen-bond donors (Lipinski definition) is 3. The van der Waals surface area contributed by atoms with E-state index in [4.69, 9.17) is 21.4 Å². The molecule has 0 aliphatic heterocycles. The number of hydrogen-bond acceptors (Lipinski definition) is 5. The first-order chi connectivity index (χ1) is 13.7. The van der Waals surface area contributed by atoms with Crippen molar-refractivity contribution in [3.63, 3.8) is 0 Å². The van der Waals surface area contributed by atoms with Crippen molar-refractivity contribution < 1.29 is 32.2 Å². The summed E-state index contributed by atoms with van der Waals surface area (Å²) in [7, 11) is -3.71. The lowest BCUT2D eigenvalue weighted by Crippen LogP contribution is -2.33. The monoisotopic (exact) mass is 444 g/mol. The average Bonchev–Trinajstić information content (AvgIpc) is 2.66. The van der Waals surface area contributed by atoms with Crippen LogP contribution >= 0.6 is 11.6 Å². The minimum Gasteiger partial charge on any atom is -0.481 e. The van der Waals surface area contributed by atoms with Gasteiger partial charge in [0.15, 0.2) is 18.2 Å². The average molecular weight is 445 g/mol. The highest BCUT2D eigenvalue weighted by Gasteiger charge is 2.14. The van der Waals surface area contributed by atoms with E-state index in [2.05, 4.69) is 10.0 Å². The molecule has 0 atom stereocenters. The van der Waals surface area contributed by atoms with Gasteiger partial charge in [0.2, 0.25) is 10.0 Å². The van der Waals surface area contributed by atoms with Crippen LogP contribution < -0.4 is 14.8 Å². The van der Waals surface area contributed by atoms with E-state index in [9.17, 15) is 22.4 Å². The summed E-state index contributed by atoms with van der Waals surface area (Å²) in [6.45, 7) is -1.05. The van der Waals surface area contributed by atoms with Crippen molar-refractivity contribution in [2.75, 3.05) is 19.7 Å². The van der Waals surface area contributed by atoms with Gasteiger partial charge in [-0.25, -0.2) is 17.5 Å². The molecule has 0 spiro atoms. The number of amides is 1. The molecule has 2 aromatic rings. The zero-order valence-corrected chi connectivity index (χ0v) is 16.6. The second kappa shape index (κ2) is 10.2. The largest absolute Gasteiger partial charge is 0.481 e. The number of carbonyl (C=O) groups is 2. The molecule has 156 valence electrons. The molecule has 8 nitrogen and oxygen atoms in total. The molecule has 0 saturated carbocycles. The zero-order chi connectivity index (χ0) is 21.4. The lowest BCUT2D eigenvalue weighted by atomic mass is 10.1. The summed E-state index contributed by atoms with van der Waals surface area (Å²) in [6, 6.07) is 9.69. The number of halogens is 2.